The number of carbonyl (C=O) groups excluding carboxylic acids is 4. The molecule has 16 heteroatoms. The highest BCUT2D eigenvalue weighted by Gasteiger charge is 2.43. The van der Waals surface area contributed by atoms with Crippen molar-refractivity contribution in [3.8, 4) is 34.0 Å². The lowest BCUT2D eigenvalue weighted by Crippen LogP contribution is -2.49. The van der Waals surface area contributed by atoms with Gasteiger partial charge in [0, 0.05) is 30.6 Å². The Morgan fingerprint density at radius 2 is 1.63 bits per heavy atom. The van der Waals surface area contributed by atoms with Gasteiger partial charge < -0.3 is 44.7 Å². The molecule has 282 valence electrons. The number of fused-ring (bicyclic) bond motifs is 1. The van der Waals surface area contributed by atoms with Crippen molar-refractivity contribution in [1.29, 1.82) is 0 Å². The smallest absolute Gasteiger partial charge is 0.407 e. The predicted molar refractivity (Wildman–Crippen MR) is 197 cm³/mol. The summed E-state index contributed by atoms with van der Waals surface area (Å²) in [5.74, 6) is 1.85. The number of imidazole rings is 2. The summed E-state index contributed by atoms with van der Waals surface area (Å²) in [5.41, 5.74) is 5.78. The highest BCUT2D eigenvalue weighted by Crippen LogP contribution is 2.38. The molecule has 54 heavy (non-hydrogen) atoms. The second-order valence-electron chi connectivity index (χ2n) is 13.5. The van der Waals surface area contributed by atoms with Crippen LogP contribution in [0, 0.1) is 5.92 Å². The second-order valence-corrected chi connectivity index (χ2v) is 13.5. The summed E-state index contributed by atoms with van der Waals surface area (Å²) in [6.45, 7) is 0.982. The van der Waals surface area contributed by atoms with Crippen LogP contribution in [-0.2, 0) is 25.5 Å². The number of unbranched alkanes of at least 4 members (excludes halogenated alkanes) is 1. The molecule has 4 amide bonds. The molecule has 2 aromatic carbocycles. The molecule has 5 N–H and O–H groups in total. The molecule has 2 atom stereocenters. The summed E-state index contributed by atoms with van der Waals surface area (Å²) < 4.78 is 15.3. The van der Waals surface area contributed by atoms with Gasteiger partial charge in [-0.1, -0.05) is 12.1 Å². The number of ether oxygens (including phenoxy) is 2. The summed E-state index contributed by atoms with van der Waals surface area (Å²) >= 11 is 0. The second kappa shape index (κ2) is 16.2. The third-order valence-corrected chi connectivity index (χ3v) is 9.78. The van der Waals surface area contributed by atoms with Gasteiger partial charge in [-0.2, -0.15) is 0 Å². The Balaban J connectivity index is 0.945. The van der Waals surface area contributed by atoms with Gasteiger partial charge in [0.05, 0.1) is 50.6 Å². The van der Waals surface area contributed by atoms with E-state index in [9.17, 15) is 19.2 Å². The molecule has 1 saturated heterocycles. The zero-order chi connectivity index (χ0) is 37.6. The molecule has 0 radical (unpaired) electrons. The van der Waals surface area contributed by atoms with Crippen molar-refractivity contribution in [3.05, 3.63) is 66.5 Å². The number of methoxy groups -OCH3 is 2. The van der Waals surface area contributed by atoms with Crippen molar-refractivity contribution in [2.24, 2.45) is 5.92 Å². The molecule has 16 nitrogen and oxygen atoms in total. The fourth-order valence-corrected chi connectivity index (χ4v) is 6.72. The maximum Gasteiger partial charge on any atom is 0.407 e. The molecule has 5 aromatic rings. The first-order valence-corrected chi connectivity index (χ1v) is 18.1. The Labute approximate surface area is 310 Å². The van der Waals surface area contributed by atoms with Crippen LogP contribution in [0.3, 0.4) is 0 Å². The highest BCUT2D eigenvalue weighted by atomic mass is 16.5. The first-order valence-electron chi connectivity index (χ1n) is 18.1. The van der Waals surface area contributed by atoms with Crippen LogP contribution in [0.15, 0.2) is 59.3 Å². The normalized spacial score (nSPS) is 15.9. The van der Waals surface area contributed by atoms with E-state index in [1.807, 2.05) is 47.4 Å². The van der Waals surface area contributed by atoms with Crippen LogP contribution < -0.4 is 16.0 Å². The monoisotopic (exact) mass is 737 g/mol. The lowest BCUT2D eigenvalue weighted by Gasteiger charge is -2.28. The summed E-state index contributed by atoms with van der Waals surface area (Å²) in [7, 11) is 2.55. The summed E-state index contributed by atoms with van der Waals surface area (Å²) in [4.78, 5) is 70.9. The Hall–Kier alpha value is -6.19. The van der Waals surface area contributed by atoms with E-state index in [-0.39, 0.29) is 30.3 Å². The van der Waals surface area contributed by atoms with Gasteiger partial charge in [0.25, 0.3) is 0 Å². The Morgan fingerprint density at radius 3 is 2.41 bits per heavy atom. The SMILES string of the molecule is COC(=O)NCC(=O)NCCCCc1ncc(-c2ccc3oc(-c4ccc(-c5cnc(C6CCCN6C(=O)C(NC(=O)OC)C6CC6)[nH]5)cc4)nc3c2)[nH]1. The number of rotatable bonds is 14. The Bertz CT molecular complexity index is 2120. The van der Waals surface area contributed by atoms with Gasteiger partial charge >= 0.3 is 12.2 Å². The summed E-state index contributed by atoms with van der Waals surface area (Å²) in [6.07, 6.45) is 8.12. The topological polar surface area (TPSA) is 209 Å². The average molecular weight is 738 g/mol. The number of oxazole rings is 1. The molecule has 1 aliphatic carbocycles. The Kier molecular flexibility index (Phi) is 10.9. The van der Waals surface area contributed by atoms with Crippen LogP contribution in [-0.4, -0.2) is 93.7 Å². The minimum atomic E-state index is -0.644. The first-order chi connectivity index (χ1) is 26.3. The summed E-state index contributed by atoms with van der Waals surface area (Å²) in [5, 5.41) is 7.86. The highest BCUT2D eigenvalue weighted by molar-refractivity contribution is 5.87. The zero-order valence-corrected chi connectivity index (χ0v) is 30.1. The fraction of sp³-hybridized carbons (Fsp3) is 0.395. The van der Waals surface area contributed by atoms with E-state index in [0.717, 1.165) is 90.2 Å². The number of aromatic amines is 2. The quantitative estimate of drug-likeness (QED) is 0.0977. The molecular weight excluding hydrogens is 694 g/mol. The lowest BCUT2D eigenvalue weighted by atomic mass is 10.1. The van der Waals surface area contributed by atoms with Crippen molar-refractivity contribution >= 4 is 35.1 Å². The van der Waals surface area contributed by atoms with Crippen molar-refractivity contribution in [2.75, 3.05) is 33.9 Å². The van der Waals surface area contributed by atoms with Gasteiger partial charge in [-0.3, -0.25) is 9.59 Å². The number of amides is 4. The van der Waals surface area contributed by atoms with E-state index >= 15 is 0 Å². The largest absolute Gasteiger partial charge is 0.453 e. The van der Waals surface area contributed by atoms with Gasteiger partial charge in [0.15, 0.2) is 5.58 Å². The van der Waals surface area contributed by atoms with Gasteiger partial charge in [-0.25, -0.2) is 24.5 Å². The molecule has 4 heterocycles. The van der Waals surface area contributed by atoms with E-state index in [1.165, 1.54) is 14.2 Å². The number of aromatic nitrogens is 5. The average Bonchev–Trinajstić information content (AvgIpc) is 3.61. The minimum Gasteiger partial charge on any atom is -0.453 e. The van der Waals surface area contributed by atoms with E-state index < -0.39 is 18.2 Å². The number of hydrogen-bond acceptors (Lipinski definition) is 10. The maximum atomic E-state index is 13.5. The number of nitrogens with one attached hydrogen (secondary N) is 5. The number of aryl methyl sites for hydroxylation is 1. The standard InChI is InChI=1S/C38H43N9O7/c1-52-37(50)42-21-32(48)39-16-4-3-7-31-40-19-28(43-31)25-14-15-30-26(18-25)45-35(54-30)24-12-8-22(9-13-24)27-20-41-34(44-27)29-6-5-17-47(29)36(49)33(23-10-11-23)46-38(51)53-2/h8-9,12-15,18-20,23,29,33H,3-7,10-11,16-17,21H2,1-2H3,(H,39,48)(H,40,43)(H,41,44)(H,42,50)(H,46,51). The Morgan fingerprint density at radius 1 is 0.889 bits per heavy atom. The molecule has 3 aromatic heterocycles. The van der Waals surface area contributed by atoms with E-state index in [0.29, 0.717) is 24.6 Å². The van der Waals surface area contributed by atoms with Crippen molar-refractivity contribution in [2.45, 2.75) is 57.0 Å². The van der Waals surface area contributed by atoms with E-state index in [4.69, 9.17) is 14.1 Å². The molecule has 2 fully saturated rings. The van der Waals surface area contributed by atoms with Crippen LogP contribution in [0.2, 0.25) is 0 Å². The van der Waals surface area contributed by atoms with Gasteiger partial charge in [-0.15, -0.1) is 0 Å². The number of likely N-dealkylation sites (tertiary alicyclic amines) is 1. The van der Waals surface area contributed by atoms with Crippen molar-refractivity contribution < 1.29 is 33.1 Å². The number of hydrogen-bond donors (Lipinski definition) is 5. The molecule has 2 aliphatic rings. The summed E-state index contributed by atoms with van der Waals surface area (Å²) in [6, 6.07) is 12.9. The zero-order valence-electron chi connectivity index (χ0n) is 30.1. The van der Waals surface area contributed by atoms with Crippen LogP contribution in [0.4, 0.5) is 9.59 Å². The van der Waals surface area contributed by atoms with Crippen LogP contribution in [0.5, 0.6) is 0 Å². The number of carbonyl (C=O) groups is 4. The maximum absolute atomic E-state index is 13.5. The molecule has 1 aliphatic heterocycles. The number of nitrogens with zero attached hydrogens (tertiary/aromatic N) is 4. The van der Waals surface area contributed by atoms with Crippen LogP contribution >= 0.6 is 0 Å². The number of alkyl carbamates (subject to hydrolysis) is 2. The third-order valence-electron chi connectivity index (χ3n) is 9.78. The third kappa shape index (κ3) is 8.37. The van der Waals surface area contributed by atoms with Gasteiger partial charge in [0.2, 0.25) is 17.7 Å². The predicted octanol–water partition coefficient (Wildman–Crippen LogP) is 4.87. The molecule has 0 spiro atoms. The van der Waals surface area contributed by atoms with Crippen molar-refractivity contribution in [3.63, 3.8) is 0 Å². The molecular formula is C38H43N9O7. The van der Waals surface area contributed by atoms with Crippen LogP contribution in [0.1, 0.15) is 56.2 Å². The van der Waals surface area contributed by atoms with Gasteiger partial charge in [0.1, 0.15) is 23.2 Å². The molecule has 0 bridgehead atoms. The number of benzene rings is 2. The van der Waals surface area contributed by atoms with Gasteiger partial charge in [-0.05, 0) is 80.3 Å². The fourth-order valence-electron chi connectivity index (χ4n) is 6.72. The van der Waals surface area contributed by atoms with Crippen molar-refractivity contribution in [1.82, 2.24) is 45.8 Å². The van der Waals surface area contributed by atoms with E-state index in [1.54, 1.807) is 12.4 Å². The molecule has 1 saturated carbocycles. The molecule has 7 rings (SSSR count). The molecule has 2 unspecified atom stereocenters. The first kappa shape index (κ1) is 36.2. The van der Waals surface area contributed by atoms with E-state index in [2.05, 4.69) is 40.6 Å². The lowest BCUT2D eigenvalue weighted by molar-refractivity contribution is -0.135. The van der Waals surface area contributed by atoms with Crippen LogP contribution in [0.25, 0.3) is 45.1 Å². The minimum absolute atomic E-state index is 0.0895. The number of H-pyrrole nitrogens is 2.